The molecule has 0 spiro atoms. The normalized spacial score (nSPS) is 20.4. The Kier molecular flexibility index (Phi) is 4.37. The van der Waals surface area contributed by atoms with Gasteiger partial charge in [0.2, 0.25) is 0 Å². The SMILES string of the molecule is CCNC(Cc1cc2c(s1)CCCC2O)C(=O)O. The number of hydrogen-bond acceptors (Lipinski definition) is 4. The molecule has 5 heteroatoms. The highest BCUT2D eigenvalue weighted by Gasteiger charge is 2.23. The van der Waals surface area contributed by atoms with Crippen LogP contribution in [0.2, 0.25) is 0 Å². The molecular formula is C13H19NO3S. The van der Waals surface area contributed by atoms with Gasteiger partial charge in [-0.15, -0.1) is 11.3 Å². The second-order valence-corrected chi connectivity index (χ2v) is 5.87. The number of nitrogens with one attached hydrogen (secondary N) is 1. The lowest BCUT2D eigenvalue weighted by Gasteiger charge is -2.16. The molecule has 2 atom stereocenters. The van der Waals surface area contributed by atoms with Gasteiger partial charge in [0.1, 0.15) is 6.04 Å². The number of aliphatic hydroxyl groups is 1. The molecule has 1 aromatic heterocycles. The van der Waals surface area contributed by atoms with Crippen LogP contribution in [0.5, 0.6) is 0 Å². The van der Waals surface area contributed by atoms with E-state index >= 15 is 0 Å². The molecular weight excluding hydrogens is 250 g/mol. The van der Waals surface area contributed by atoms with Crippen LogP contribution in [0.3, 0.4) is 0 Å². The van der Waals surface area contributed by atoms with Gasteiger partial charge in [-0.2, -0.15) is 0 Å². The number of likely N-dealkylation sites (N-methyl/N-ethyl adjacent to an activating group) is 1. The van der Waals surface area contributed by atoms with Gasteiger partial charge in [0, 0.05) is 16.2 Å². The van der Waals surface area contributed by atoms with Crippen LogP contribution in [0.25, 0.3) is 0 Å². The van der Waals surface area contributed by atoms with E-state index in [2.05, 4.69) is 5.32 Å². The van der Waals surface area contributed by atoms with Crippen molar-refractivity contribution >= 4 is 17.3 Å². The molecule has 2 rings (SSSR count). The second-order valence-electron chi connectivity index (χ2n) is 4.65. The van der Waals surface area contributed by atoms with E-state index in [1.165, 1.54) is 4.88 Å². The fraction of sp³-hybridized carbons (Fsp3) is 0.615. The maximum atomic E-state index is 11.1. The van der Waals surface area contributed by atoms with E-state index in [4.69, 9.17) is 5.11 Å². The maximum Gasteiger partial charge on any atom is 0.321 e. The lowest BCUT2D eigenvalue weighted by Crippen LogP contribution is -2.38. The van der Waals surface area contributed by atoms with Crippen molar-refractivity contribution < 1.29 is 15.0 Å². The summed E-state index contributed by atoms with van der Waals surface area (Å²) >= 11 is 1.65. The van der Waals surface area contributed by atoms with Gasteiger partial charge in [0.05, 0.1) is 6.10 Å². The summed E-state index contributed by atoms with van der Waals surface area (Å²) in [7, 11) is 0. The molecule has 0 aromatic carbocycles. The molecule has 0 aliphatic heterocycles. The molecule has 1 aliphatic rings. The summed E-state index contributed by atoms with van der Waals surface area (Å²) < 4.78 is 0. The zero-order valence-electron chi connectivity index (χ0n) is 10.5. The quantitative estimate of drug-likeness (QED) is 0.761. The molecule has 100 valence electrons. The largest absolute Gasteiger partial charge is 0.480 e. The van der Waals surface area contributed by atoms with Crippen molar-refractivity contribution in [2.45, 2.75) is 44.8 Å². The van der Waals surface area contributed by atoms with Gasteiger partial charge < -0.3 is 15.5 Å². The van der Waals surface area contributed by atoms with Crippen molar-refractivity contribution in [3.63, 3.8) is 0 Å². The van der Waals surface area contributed by atoms with Crippen molar-refractivity contribution in [3.05, 3.63) is 21.4 Å². The molecule has 1 heterocycles. The molecule has 4 nitrogen and oxygen atoms in total. The number of aryl methyl sites for hydroxylation is 1. The number of carbonyl (C=O) groups is 1. The highest BCUT2D eigenvalue weighted by atomic mass is 32.1. The predicted octanol–water partition coefficient (Wildman–Crippen LogP) is 1.72. The maximum absolute atomic E-state index is 11.1. The van der Waals surface area contributed by atoms with Crippen molar-refractivity contribution in [1.29, 1.82) is 0 Å². The smallest absolute Gasteiger partial charge is 0.321 e. The first-order valence-electron chi connectivity index (χ1n) is 6.37. The fourth-order valence-corrected chi connectivity index (χ4v) is 3.70. The summed E-state index contributed by atoms with van der Waals surface area (Å²) in [4.78, 5) is 13.4. The van der Waals surface area contributed by atoms with E-state index in [0.717, 1.165) is 29.7 Å². The van der Waals surface area contributed by atoms with Crippen LogP contribution < -0.4 is 5.32 Å². The lowest BCUT2D eigenvalue weighted by molar-refractivity contribution is -0.139. The van der Waals surface area contributed by atoms with Gasteiger partial charge in [0.15, 0.2) is 0 Å². The van der Waals surface area contributed by atoms with E-state index < -0.39 is 12.0 Å². The molecule has 0 bridgehead atoms. The summed E-state index contributed by atoms with van der Waals surface area (Å²) in [5.41, 5.74) is 1.02. The summed E-state index contributed by atoms with van der Waals surface area (Å²) in [5, 5.41) is 22.0. The minimum Gasteiger partial charge on any atom is -0.480 e. The highest BCUT2D eigenvalue weighted by Crippen LogP contribution is 2.36. The molecule has 1 aliphatic carbocycles. The van der Waals surface area contributed by atoms with Gasteiger partial charge in [0.25, 0.3) is 0 Å². The van der Waals surface area contributed by atoms with Crippen LogP contribution in [0.1, 0.15) is 41.2 Å². The van der Waals surface area contributed by atoms with Crippen LogP contribution in [0, 0.1) is 0 Å². The standard InChI is InChI=1S/C13H19NO3S/c1-2-14-10(13(16)17)7-8-6-9-11(15)4-3-5-12(9)18-8/h6,10-11,14-15H,2-5,7H2,1H3,(H,16,17). The van der Waals surface area contributed by atoms with Crippen molar-refractivity contribution in [2.75, 3.05) is 6.54 Å². The number of aliphatic carboxylic acids is 1. The van der Waals surface area contributed by atoms with E-state index in [1.54, 1.807) is 11.3 Å². The van der Waals surface area contributed by atoms with Gasteiger partial charge in [-0.25, -0.2) is 0 Å². The minimum absolute atomic E-state index is 0.360. The number of aliphatic hydroxyl groups excluding tert-OH is 1. The topological polar surface area (TPSA) is 69.6 Å². The van der Waals surface area contributed by atoms with Crippen LogP contribution in [0.15, 0.2) is 6.07 Å². The van der Waals surface area contributed by atoms with Gasteiger partial charge >= 0.3 is 5.97 Å². The third-order valence-corrected chi connectivity index (χ3v) is 4.52. The summed E-state index contributed by atoms with van der Waals surface area (Å²) in [6, 6.07) is 1.45. The number of thiophene rings is 1. The molecule has 0 amide bonds. The monoisotopic (exact) mass is 269 g/mol. The number of hydrogen-bond donors (Lipinski definition) is 3. The predicted molar refractivity (Wildman–Crippen MR) is 71.0 cm³/mol. The first-order valence-corrected chi connectivity index (χ1v) is 7.19. The van der Waals surface area contributed by atoms with Gasteiger partial charge in [-0.1, -0.05) is 6.92 Å². The Labute approximate surface area is 111 Å². The van der Waals surface area contributed by atoms with E-state index in [1.807, 2.05) is 13.0 Å². The number of carboxylic acid groups (broad SMARTS) is 1. The zero-order valence-corrected chi connectivity index (χ0v) is 11.3. The van der Waals surface area contributed by atoms with Gasteiger partial charge in [-0.3, -0.25) is 4.79 Å². The molecule has 3 N–H and O–H groups in total. The van der Waals surface area contributed by atoms with Gasteiger partial charge in [-0.05, 0) is 37.4 Å². The molecule has 18 heavy (non-hydrogen) atoms. The Morgan fingerprint density at radius 3 is 3.06 bits per heavy atom. The Morgan fingerprint density at radius 1 is 1.67 bits per heavy atom. The summed E-state index contributed by atoms with van der Waals surface area (Å²) in [5.74, 6) is -0.816. The average molecular weight is 269 g/mol. The molecule has 0 saturated heterocycles. The Hall–Kier alpha value is -0.910. The summed E-state index contributed by atoms with van der Waals surface area (Å²) in [6.45, 7) is 2.55. The van der Waals surface area contributed by atoms with E-state index in [-0.39, 0.29) is 6.10 Å². The fourth-order valence-electron chi connectivity index (χ4n) is 2.38. The Balaban J connectivity index is 2.12. The number of carboxylic acids is 1. The van der Waals surface area contributed by atoms with E-state index in [0.29, 0.717) is 13.0 Å². The van der Waals surface area contributed by atoms with Crippen LogP contribution in [-0.2, 0) is 17.6 Å². The number of rotatable bonds is 5. The molecule has 0 saturated carbocycles. The van der Waals surface area contributed by atoms with Crippen LogP contribution in [0.4, 0.5) is 0 Å². The molecule has 0 radical (unpaired) electrons. The highest BCUT2D eigenvalue weighted by molar-refractivity contribution is 7.12. The summed E-state index contributed by atoms with van der Waals surface area (Å²) in [6.07, 6.45) is 2.98. The van der Waals surface area contributed by atoms with Crippen molar-refractivity contribution in [3.8, 4) is 0 Å². The minimum atomic E-state index is -0.816. The van der Waals surface area contributed by atoms with E-state index in [9.17, 15) is 9.90 Å². The molecule has 1 aromatic rings. The zero-order chi connectivity index (χ0) is 13.1. The van der Waals surface area contributed by atoms with Crippen molar-refractivity contribution in [2.24, 2.45) is 0 Å². The van der Waals surface area contributed by atoms with Crippen LogP contribution >= 0.6 is 11.3 Å². The third kappa shape index (κ3) is 2.91. The molecule has 2 unspecified atom stereocenters. The van der Waals surface area contributed by atoms with Crippen LogP contribution in [-0.4, -0.2) is 28.8 Å². The third-order valence-electron chi connectivity index (χ3n) is 3.29. The Morgan fingerprint density at radius 2 is 2.44 bits per heavy atom. The number of fused-ring (bicyclic) bond motifs is 1. The van der Waals surface area contributed by atoms with Crippen molar-refractivity contribution in [1.82, 2.24) is 5.32 Å². The second kappa shape index (κ2) is 5.82. The first kappa shape index (κ1) is 13.5. The first-order chi connectivity index (χ1) is 8.61. The Bertz CT molecular complexity index is 430. The molecule has 0 fully saturated rings. The lowest BCUT2D eigenvalue weighted by atomic mass is 9.96. The average Bonchev–Trinajstić information content (AvgIpc) is 2.72.